The number of likely N-dealkylation sites (N-methyl/N-ethyl adjacent to an activating group) is 1. The Morgan fingerprint density at radius 3 is 1.92 bits per heavy atom. The molecule has 2 unspecified atom stereocenters. The van der Waals surface area contributed by atoms with Crippen LogP contribution in [0.25, 0.3) is 22.4 Å². The molecule has 14 heteroatoms. The van der Waals surface area contributed by atoms with E-state index in [9.17, 15) is 0 Å². The van der Waals surface area contributed by atoms with Crippen LogP contribution < -0.4 is 9.80 Å². The zero-order valence-corrected chi connectivity index (χ0v) is 44.3. The summed E-state index contributed by atoms with van der Waals surface area (Å²) in [7, 11) is 4.04. The lowest BCUT2D eigenvalue weighted by atomic mass is 9.88. The number of fused-ring (bicyclic) bond motifs is 2. The zero-order valence-electron chi connectivity index (χ0n) is 44.3. The first kappa shape index (κ1) is 49.6. The molecule has 0 spiro atoms. The highest BCUT2D eigenvalue weighted by molar-refractivity contribution is 5.82. The van der Waals surface area contributed by atoms with Crippen molar-refractivity contribution >= 4 is 22.9 Å². The SMILES string of the molecule is CCOCc1c(CN2CCCC2c2nccc(-c3ccc4nc(CN5CCCC5c5ncccc5C(C)C)c(COC)n4c3N3CCN(C(C)C)CC3)c2C(C)C)nc2cccc(N3CCN(C)CC3)n12. The van der Waals surface area contributed by atoms with Crippen LogP contribution in [0.4, 0.5) is 11.6 Å². The van der Waals surface area contributed by atoms with Gasteiger partial charge in [-0.15, -0.1) is 0 Å². The quantitative estimate of drug-likeness (QED) is 0.0872. The van der Waals surface area contributed by atoms with Gasteiger partial charge in [0, 0.05) is 103 Å². The van der Waals surface area contributed by atoms with Gasteiger partial charge in [0.05, 0.1) is 59.5 Å². The van der Waals surface area contributed by atoms with Gasteiger partial charge in [-0.1, -0.05) is 39.8 Å². The molecule has 0 aromatic carbocycles. The first-order chi connectivity index (χ1) is 34.5. The summed E-state index contributed by atoms with van der Waals surface area (Å²) in [5, 5.41) is 0. The van der Waals surface area contributed by atoms with E-state index in [4.69, 9.17) is 29.4 Å². The number of pyridine rings is 4. The lowest BCUT2D eigenvalue weighted by molar-refractivity contribution is 0.129. The molecule has 0 radical (unpaired) electrons. The van der Waals surface area contributed by atoms with Crippen molar-refractivity contribution in [2.45, 2.75) is 130 Å². The Kier molecular flexibility index (Phi) is 15.1. The van der Waals surface area contributed by atoms with E-state index < -0.39 is 0 Å². The van der Waals surface area contributed by atoms with Gasteiger partial charge in [-0.25, -0.2) is 9.97 Å². The first-order valence-electron chi connectivity index (χ1n) is 27.0. The summed E-state index contributed by atoms with van der Waals surface area (Å²) >= 11 is 0. The molecule has 6 aromatic heterocycles. The fourth-order valence-electron chi connectivity index (χ4n) is 12.4. The standard InChI is InChI=1S/C57H80N12O2/c1-10-71-38-50-46(60-51-18-11-19-53(68(50)51)64-29-27-62(8)28-30-64)36-67-26-14-17-48(67)56-54(40(4)5)43(22-24-59-56)44-20-21-52-61-45(35-66-25-13-16-47(66)55-42(39(2)3)15-12-23-58-55)49(37-70-9)69(52)57(44)65-33-31-63(32-34-65)41(6)7/h11-12,15,18-24,39-41,47-48H,10,13-14,16-17,25-38H2,1-9H3. The highest BCUT2D eigenvalue weighted by Crippen LogP contribution is 2.44. The third-order valence-corrected chi connectivity index (χ3v) is 16.1. The van der Waals surface area contributed by atoms with E-state index >= 15 is 0 Å². The lowest BCUT2D eigenvalue weighted by Gasteiger charge is -2.39. The van der Waals surface area contributed by atoms with Crippen LogP contribution in [0.15, 0.2) is 60.9 Å². The highest BCUT2D eigenvalue weighted by atomic mass is 16.5. The van der Waals surface area contributed by atoms with Gasteiger partial charge in [-0.3, -0.25) is 33.5 Å². The first-order valence-corrected chi connectivity index (χ1v) is 27.0. The summed E-state index contributed by atoms with van der Waals surface area (Å²) < 4.78 is 17.2. The minimum Gasteiger partial charge on any atom is -0.378 e. The van der Waals surface area contributed by atoms with E-state index in [-0.39, 0.29) is 18.0 Å². The maximum atomic E-state index is 6.24. The molecule has 4 aliphatic heterocycles. The number of ether oxygens (including phenoxy) is 2. The third-order valence-electron chi connectivity index (χ3n) is 16.1. The van der Waals surface area contributed by atoms with Gasteiger partial charge in [0.25, 0.3) is 0 Å². The van der Waals surface area contributed by atoms with E-state index in [0.29, 0.717) is 31.8 Å². The van der Waals surface area contributed by atoms with Gasteiger partial charge in [0.2, 0.25) is 0 Å². The Balaban J connectivity index is 1.05. The number of methoxy groups -OCH3 is 1. The number of rotatable bonds is 17. The van der Waals surface area contributed by atoms with Gasteiger partial charge >= 0.3 is 0 Å². The molecule has 0 saturated carbocycles. The summed E-state index contributed by atoms with van der Waals surface area (Å²) in [4.78, 5) is 36.8. The van der Waals surface area contributed by atoms with E-state index in [0.717, 1.165) is 138 Å². The van der Waals surface area contributed by atoms with Crippen LogP contribution >= 0.6 is 0 Å². The van der Waals surface area contributed by atoms with Crippen molar-refractivity contribution < 1.29 is 9.47 Å². The molecular formula is C57H80N12O2. The van der Waals surface area contributed by atoms with Crippen LogP contribution in [0.1, 0.15) is 143 Å². The zero-order chi connectivity index (χ0) is 49.3. The molecule has 380 valence electrons. The predicted octanol–water partition coefficient (Wildman–Crippen LogP) is 9.33. The summed E-state index contributed by atoms with van der Waals surface area (Å²) in [6.07, 6.45) is 8.46. The van der Waals surface area contributed by atoms with E-state index in [1.165, 1.54) is 45.3 Å². The molecule has 0 bridgehead atoms. The van der Waals surface area contributed by atoms with Crippen molar-refractivity contribution in [3.05, 3.63) is 106 Å². The Morgan fingerprint density at radius 1 is 0.620 bits per heavy atom. The molecule has 10 rings (SSSR count). The van der Waals surface area contributed by atoms with E-state index in [1.807, 2.05) is 13.3 Å². The maximum absolute atomic E-state index is 6.24. The fraction of sp³-hybridized carbons (Fsp3) is 0.579. The maximum Gasteiger partial charge on any atom is 0.139 e. The molecule has 14 nitrogen and oxygen atoms in total. The minimum absolute atomic E-state index is 0.156. The van der Waals surface area contributed by atoms with Crippen molar-refractivity contribution in [1.29, 1.82) is 0 Å². The molecule has 4 aliphatic rings. The topological polar surface area (TPSA) is 98.3 Å². The van der Waals surface area contributed by atoms with E-state index in [1.54, 1.807) is 0 Å². The molecule has 2 atom stereocenters. The van der Waals surface area contributed by atoms with Crippen LogP contribution in [0.2, 0.25) is 0 Å². The van der Waals surface area contributed by atoms with Crippen molar-refractivity contribution in [3.63, 3.8) is 0 Å². The number of likely N-dealkylation sites (tertiary alicyclic amines) is 2. The minimum atomic E-state index is 0.156. The molecule has 0 N–H and O–H groups in total. The number of hydrogen-bond acceptors (Lipinski definition) is 12. The van der Waals surface area contributed by atoms with Crippen molar-refractivity contribution in [3.8, 4) is 11.1 Å². The molecule has 0 amide bonds. The molecule has 0 aliphatic carbocycles. The number of hydrogen-bond donors (Lipinski definition) is 0. The summed E-state index contributed by atoms with van der Waals surface area (Å²) in [6, 6.07) is 18.8. The second kappa shape index (κ2) is 21.6. The number of anilines is 2. The van der Waals surface area contributed by atoms with Crippen molar-refractivity contribution in [2.75, 3.05) is 96.0 Å². The van der Waals surface area contributed by atoms with Gasteiger partial charge < -0.3 is 24.2 Å². The fourth-order valence-corrected chi connectivity index (χ4v) is 12.4. The molecule has 4 fully saturated rings. The predicted molar refractivity (Wildman–Crippen MR) is 285 cm³/mol. The number of aromatic nitrogens is 6. The number of nitrogens with zero attached hydrogens (tertiary/aromatic N) is 12. The average Bonchev–Trinajstić information content (AvgIpc) is 4.19. The monoisotopic (exact) mass is 965 g/mol. The molecule has 10 heterocycles. The Labute approximate surface area is 423 Å². The Bertz CT molecular complexity index is 2760. The van der Waals surface area contributed by atoms with Gasteiger partial charge in [-0.05, 0) is 132 Å². The largest absolute Gasteiger partial charge is 0.378 e. The van der Waals surface area contributed by atoms with Gasteiger partial charge in [0.15, 0.2) is 0 Å². The van der Waals surface area contributed by atoms with Crippen molar-refractivity contribution in [1.82, 2.24) is 48.3 Å². The van der Waals surface area contributed by atoms with Gasteiger partial charge in [0.1, 0.15) is 22.9 Å². The van der Waals surface area contributed by atoms with Crippen LogP contribution in [0.5, 0.6) is 0 Å². The smallest absolute Gasteiger partial charge is 0.139 e. The molecule has 6 aromatic rings. The Morgan fingerprint density at radius 2 is 1.27 bits per heavy atom. The average molecular weight is 965 g/mol. The summed E-state index contributed by atoms with van der Waals surface area (Å²) in [5.74, 6) is 3.07. The molecular weight excluding hydrogens is 885 g/mol. The van der Waals surface area contributed by atoms with Crippen LogP contribution in [-0.2, 0) is 35.8 Å². The third kappa shape index (κ3) is 9.84. The second-order valence-electron chi connectivity index (χ2n) is 21.5. The second-order valence-corrected chi connectivity index (χ2v) is 21.5. The Hall–Kier alpha value is -4.96. The van der Waals surface area contributed by atoms with Gasteiger partial charge in [-0.2, -0.15) is 0 Å². The van der Waals surface area contributed by atoms with Crippen molar-refractivity contribution in [2.24, 2.45) is 0 Å². The lowest BCUT2D eigenvalue weighted by Crippen LogP contribution is -2.49. The van der Waals surface area contributed by atoms with Crippen LogP contribution in [0, 0.1) is 0 Å². The summed E-state index contributed by atoms with van der Waals surface area (Å²) in [5.41, 5.74) is 14.0. The number of piperazine rings is 2. The highest BCUT2D eigenvalue weighted by Gasteiger charge is 2.36. The van der Waals surface area contributed by atoms with Crippen LogP contribution in [-0.4, -0.2) is 141 Å². The number of imidazole rings is 2. The normalized spacial score (nSPS) is 20.2. The molecule has 71 heavy (non-hydrogen) atoms. The summed E-state index contributed by atoms with van der Waals surface area (Å²) in [6.45, 7) is 29.1. The van der Waals surface area contributed by atoms with Crippen LogP contribution in [0.3, 0.4) is 0 Å². The van der Waals surface area contributed by atoms with E-state index in [2.05, 4.69) is 148 Å². The molecule has 4 saturated heterocycles.